The minimum atomic E-state index is -0.172. The molecule has 4 nitrogen and oxygen atoms in total. The number of nitrogen functional groups attached to an aromatic ring is 1. The van der Waals surface area contributed by atoms with Crippen LogP contribution in [0.4, 0.5) is 5.82 Å². The van der Waals surface area contributed by atoms with E-state index in [-0.39, 0.29) is 11.6 Å². The van der Waals surface area contributed by atoms with E-state index in [1.54, 1.807) is 6.07 Å². The molecule has 1 aliphatic carbocycles. The van der Waals surface area contributed by atoms with Gasteiger partial charge in [0.15, 0.2) is 11.6 Å². The second-order valence-corrected chi connectivity index (χ2v) is 4.89. The van der Waals surface area contributed by atoms with Crippen molar-refractivity contribution in [3.63, 3.8) is 0 Å². The van der Waals surface area contributed by atoms with Crippen molar-refractivity contribution in [2.75, 3.05) is 5.73 Å². The van der Waals surface area contributed by atoms with Gasteiger partial charge in [0.25, 0.3) is 0 Å². The number of carbonyl (C=O) groups excluding carboxylic acids is 1. The molecule has 0 fully saturated rings. The van der Waals surface area contributed by atoms with Crippen molar-refractivity contribution in [2.45, 2.75) is 26.2 Å². The summed E-state index contributed by atoms with van der Waals surface area (Å²) in [5.74, 6) is 0.334. The zero-order valence-electron chi connectivity index (χ0n) is 10.8. The van der Waals surface area contributed by atoms with Crippen LogP contribution >= 0.6 is 0 Å². The van der Waals surface area contributed by atoms with Crippen LogP contribution < -0.4 is 5.73 Å². The van der Waals surface area contributed by atoms with Gasteiger partial charge < -0.3 is 5.73 Å². The zero-order chi connectivity index (χ0) is 13.4. The molecule has 1 aromatic carbocycles. The molecule has 0 atom stereocenters. The van der Waals surface area contributed by atoms with Gasteiger partial charge in [0.1, 0.15) is 5.82 Å². The minimum Gasteiger partial charge on any atom is -0.384 e. The van der Waals surface area contributed by atoms with E-state index in [0.29, 0.717) is 11.5 Å². The number of fused-ring (bicyclic) bond motifs is 1. The van der Waals surface area contributed by atoms with Crippen LogP contribution in [0, 0.1) is 0 Å². The molecule has 96 valence electrons. The summed E-state index contributed by atoms with van der Waals surface area (Å²) in [4.78, 5) is 19.6. The third-order valence-electron chi connectivity index (χ3n) is 3.46. The fraction of sp³-hybridized carbons (Fsp3) is 0.267. The van der Waals surface area contributed by atoms with Gasteiger partial charge in [-0.1, -0.05) is 12.1 Å². The largest absolute Gasteiger partial charge is 0.384 e. The van der Waals surface area contributed by atoms with Gasteiger partial charge in [-0.15, -0.1) is 0 Å². The highest BCUT2D eigenvalue weighted by Gasteiger charge is 2.13. The molecular formula is C15H15N3O. The lowest BCUT2D eigenvalue weighted by Gasteiger charge is -2.06. The van der Waals surface area contributed by atoms with Crippen LogP contribution in [0.3, 0.4) is 0 Å². The average Bonchev–Trinajstić information content (AvgIpc) is 2.85. The van der Waals surface area contributed by atoms with Crippen molar-refractivity contribution in [3.8, 4) is 11.3 Å². The molecule has 0 aliphatic heterocycles. The highest BCUT2D eigenvalue weighted by Crippen LogP contribution is 2.27. The van der Waals surface area contributed by atoms with Crippen molar-refractivity contribution < 1.29 is 4.79 Å². The first-order valence-electron chi connectivity index (χ1n) is 6.41. The Bertz CT molecular complexity index is 664. The van der Waals surface area contributed by atoms with Crippen LogP contribution in [0.1, 0.15) is 35.1 Å². The quantitative estimate of drug-likeness (QED) is 0.834. The van der Waals surface area contributed by atoms with Gasteiger partial charge in [0, 0.05) is 18.6 Å². The lowest BCUT2D eigenvalue weighted by atomic mass is 10.0. The maximum Gasteiger partial charge on any atom is 0.198 e. The molecule has 0 saturated heterocycles. The van der Waals surface area contributed by atoms with Gasteiger partial charge in [-0.2, -0.15) is 0 Å². The summed E-state index contributed by atoms with van der Waals surface area (Å²) in [6.07, 6.45) is 3.48. The van der Waals surface area contributed by atoms with Crippen LogP contribution in [0.5, 0.6) is 0 Å². The van der Waals surface area contributed by atoms with Crippen molar-refractivity contribution in [1.82, 2.24) is 9.97 Å². The standard InChI is InChI=1S/C15H15N3O/c1-9(19)15-17-13(8-14(16)18-15)12-6-5-10-3-2-4-11(10)7-12/h5-8H,2-4H2,1H3,(H2,16,17,18). The molecule has 0 radical (unpaired) electrons. The van der Waals surface area contributed by atoms with Crippen molar-refractivity contribution in [3.05, 3.63) is 41.2 Å². The summed E-state index contributed by atoms with van der Waals surface area (Å²) in [7, 11) is 0. The average molecular weight is 253 g/mol. The number of hydrogen-bond acceptors (Lipinski definition) is 4. The number of Topliss-reactive ketones (excluding diaryl/α,β-unsaturated/α-hetero) is 1. The Morgan fingerprint density at radius 1 is 1.16 bits per heavy atom. The van der Waals surface area contributed by atoms with Crippen molar-refractivity contribution in [2.24, 2.45) is 0 Å². The van der Waals surface area contributed by atoms with Gasteiger partial charge in [0.05, 0.1) is 5.69 Å². The zero-order valence-corrected chi connectivity index (χ0v) is 10.8. The Labute approximate surface area is 111 Å². The van der Waals surface area contributed by atoms with Gasteiger partial charge in [-0.05, 0) is 36.5 Å². The molecule has 2 aromatic rings. The van der Waals surface area contributed by atoms with E-state index in [0.717, 1.165) is 18.4 Å². The first kappa shape index (κ1) is 11.8. The molecule has 0 amide bonds. The Kier molecular flexibility index (Phi) is 2.78. The number of nitrogens with two attached hydrogens (primary N) is 1. The Hall–Kier alpha value is -2.23. The Morgan fingerprint density at radius 2 is 1.95 bits per heavy atom. The summed E-state index contributed by atoms with van der Waals surface area (Å²) in [5.41, 5.74) is 10.2. The maximum atomic E-state index is 11.4. The normalized spacial score (nSPS) is 13.3. The summed E-state index contributed by atoms with van der Waals surface area (Å²) >= 11 is 0. The van der Waals surface area contributed by atoms with E-state index in [1.165, 1.54) is 24.5 Å². The van der Waals surface area contributed by atoms with E-state index >= 15 is 0 Å². The van der Waals surface area contributed by atoms with Crippen LogP contribution in [-0.4, -0.2) is 15.8 Å². The van der Waals surface area contributed by atoms with Crippen LogP contribution in [0.25, 0.3) is 11.3 Å². The molecule has 1 aliphatic rings. The lowest BCUT2D eigenvalue weighted by molar-refractivity contribution is 0.100. The predicted octanol–water partition coefficient (Wildman–Crippen LogP) is 2.42. The van der Waals surface area contributed by atoms with E-state index < -0.39 is 0 Å². The second-order valence-electron chi connectivity index (χ2n) is 4.89. The first-order chi connectivity index (χ1) is 9.13. The van der Waals surface area contributed by atoms with Crippen molar-refractivity contribution >= 4 is 11.6 Å². The maximum absolute atomic E-state index is 11.4. The fourth-order valence-corrected chi connectivity index (χ4v) is 2.50. The molecule has 0 unspecified atom stereocenters. The minimum absolute atomic E-state index is 0.172. The lowest BCUT2D eigenvalue weighted by Crippen LogP contribution is -2.05. The second kappa shape index (κ2) is 4.46. The molecular weight excluding hydrogens is 238 g/mol. The number of hydrogen-bond donors (Lipinski definition) is 1. The summed E-state index contributed by atoms with van der Waals surface area (Å²) < 4.78 is 0. The highest BCUT2D eigenvalue weighted by molar-refractivity contribution is 5.91. The van der Waals surface area contributed by atoms with Gasteiger partial charge in [-0.25, -0.2) is 9.97 Å². The van der Waals surface area contributed by atoms with E-state index in [4.69, 9.17) is 5.73 Å². The number of rotatable bonds is 2. The predicted molar refractivity (Wildman–Crippen MR) is 73.9 cm³/mol. The number of benzene rings is 1. The molecule has 4 heteroatoms. The SMILES string of the molecule is CC(=O)c1nc(N)cc(-c2ccc3c(c2)CCC3)n1. The Morgan fingerprint density at radius 3 is 2.74 bits per heavy atom. The van der Waals surface area contributed by atoms with E-state index in [9.17, 15) is 4.79 Å². The number of carbonyl (C=O) groups is 1. The topological polar surface area (TPSA) is 68.9 Å². The molecule has 1 heterocycles. The first-order valence-corrected chi connectivity index (χ1v) is 6.41. The van der Waals surface area contributed by atoms with E-state index in [2.05, 4.69) is 22.1 Å². The van der Waals surface area contributed by atoms with Gasteiger partial charge >= 0.3 is 0 Å². The monoisotopic (exact) mass is 253 g/mol. The molecule has 19 heavy (non-hydrogen) atoms. The van der Waals surface area contributed by atoms with Crippen LogP contribution in [0.15, 0.2) is 24.3 Å². The summed E-state index contributed by atoms with van der Waals surface area (Å²) in [6.45, 7) is 1.45. The molecule has 0 bridgehead atoms. The molecule has 0 spiro atoms. The molecule has 2 N–H and O–H groups in total. The molecule has 3 rings (SSSR count). The fourth-order valence-electron chi connectivity index (χ4n) is 2.50. The molecule has 1 aromatic heterocycles. The van der Waals surface area contributed by atoms with Crippen molar-refractivity contribution in [1.29, 1.82) is 0 Å². The van der Waals surface area contributed by atoms with E-state index in [1.807, 2.05) is 6.07 Å². The van der Waals surface area contributed by atoms with Gasteiger partial charge in [-0.3, -0.25) is 4.79 Å². The number of ketones is 1. The number of aromatic nitrogens is 2. The number of aryl methyl sites for hydroxylation is 2. The smallest absolute Gasteiger partial charge is 0.198 e. The number of anilines is 1. The van der Waals surface area contributed by atoms with Crippen LogP contribution in [0.2, 0.25) is 0 Å². The summed E-state index contributed by atoms with van der Waals surface area (Å²) in [6, 6.07) is 8.04. The third kappa shape index (κ3) is 2.21. The Balaban J connectivity index is 2.09. The number of nitrogens with zero attached hydrogens (tertiary/aromatic N) is 2. The van der Waals surface area contributed by atoms with Crippen LogP contribution in [-0.2, 0) is 12.8 Å². The third-order valence-corrected chi connectivity index (χ3v) is 3.46. The summed E-state index contributed by atoms with van der Waals surface area (Å²) in [5, 5.41) is 0. The van der Waals surface area contributed by atoms with Gasteiger partial charge in [0.2, 0.25) is 0 Å². The molecule has 0 saturated carbocycles. The highest BCUT2D eigenvalue weighted by atomic mass is 16.1.